The van der Waals surface area contributed by atoms with Gasteiger partial charge in [0.1, 0.15) is 0 Å². The Morgan fingerprint density at radius 3 is 2.72 bits per heavy atom. The van der Waals surface area contributed by atoms with Gasteiger partial charge in [-0.05, 0) is 52.1 Å². The van der Waals surface area contributed by atoms with Crippen LogP contribution in [0.1, 0.15) is 51.9 Å². The van der Waals surface area contributed by atoms with Crippen LogP contribution in [0.4, 0.5) is 0 Å². The second-order valence-corrected chi connectivity index (χ2v) is 9.54. The molecule has 1 atom stereocenters. The van der Waals surface area contributed by atoms with E-state index in [0.717, 1.165) is 25.6 Å². The Hall–Kier alpha value is 0.310. The van der Waals surface area contributed by atoms with Crippen molar-refractivity contribution in [3.63, 3.8) is 0 Å². The van der Waals surface area contributed by atoms with E-state index < -0.39 is 0 Å². The van der Waals surface area contributed by atoms with E-state index in [9.17, 15) is 0 Å². The Labute approximate surface area is 176 Å². The van der Waals surface area contributed by atoms with Gasteiger partial charge in [0.15, 0.2) is 5.96 Å². The van der Waals surface area contributed by atoms with Crippen molar-refractivity contribution < 1.29 is 0 Å². The topological polar surface area (TPSA) is 30.9 Å². The monoisotopic (exact) mass is 480 g/mol. The molecule has 0 radical (unpaired) electrons. The molecule has 2 aliphatic heterocycles. The summed E-state index contributed by atoms with van der Waals surface area (Å²) in [5.74, 6) is 3.17. The zero-order chi connectivity index (χ0) is 16.8. The average molecular weight is 481 g/mol. The van der Waals surface area contributed by atoms with E-state index in [1.807, 2.05) is 0 Å². The van der Waals surface area contributed by atoms with Crippen LogP contribution in [0.5, 0.6) is 0 Å². The fourth-order valence-corrected chi connectivity index (χ4v) is 6.16. The number of thioether (sulfide) groups is 1. The predicted molar refractivity (Wildman–Crippen MR) is 121 cm³/mol. The molecule has 4 nitrogen and oxygen atoms in total. The van der Waals surface area contributed by atoms with Crippen molar-refractivity contribution in [1.29, 1.82) is 0 Å². The van der Waals surface area contributed by atoms with Crippen molar-refractivity contribution in [1.82, 2.24) is 15.1 Å². The first-order valence-corrected chi connectivity index (χ1v) is 11.1. The molecule has 2 saturated heterocycles. The van der Waals surface area contributed by atoms with Crippen LogP contribution in [0.3, 0.4) is 0 Å². The van der Waals surface area contributed by atoms with Gasteiger partial charge in [0.2, 0.25) is 0 Å². The highest BCUT2D eigenvalue weighted by atomic mass is 127. The molecule has 0 aromatic carbocycles. The van der Waals surface area contributed by atoms with Crippen molar-refractivity contribution >= 4 is 41.7 Å². The highest BCUT2D eigenvalue weighted by molar-refractivity contribution is 14.0. The first-order chi connectivity index (χ1) is 11.7. The number of likely N-dealkylation sites (tertiary alicyclic amines) is 1. The lowest BCUT2D eigenvalue weighted by molar-refractivity contribution is 0.213. The van der Waals surface area contributed by atoms with Crippen LogP contribution >= 0.6 is 35.7 Å². The van der Waals surface area contributed by atoms with E-state index >= 15 is 0 Å². The lowest BCUT2D eigenvalue weighted by atomic mass is 9.87. The molecule has 0 bridgehead atoms. The molecule has 0 aromatic heterocycles. The van der Waals surface area contributed by atoms with Crippen LogP contribution in [0.2, 0.25) is 0 Å². The number of guanidine groups is 1. The summed E-state index contributed by atoms with van der Waals surface area (Å²) in [6.45, 7) is 8.98. The third-order valence-corrected chi connectivity index (χ3v) is 7.41. The van der Waals surface area contributed by atoms with Gasteiger partial charge in [0.25, 0.3) is 0 Å². The highest BCUT2D eigenvalue weighted by Gasteiger charge is 2.38. The molecule has 6 heteroatoms. The molecule has 2 heterocycles. The molecule has 146 valence electrons. The molecular formula is C19H37IN4S. The number of hydrogen-bond acceptors (Lipinski definition) is 3. The minimum atomic E-state index is 0. The summed E-state index contributed by atoms with van der Waals surface area (Å²) in [4.78, 5) is 10.1. The van der Waals surface area contributed by atoms with E-state index in [0.29, 0.717) is 4.75 Å². The number of halogens is 1. The van der Waals surface area contributed by atoms with Crippen LogP contribution in [0.25, 0.3) is 0 Å². The Kier molecular flexibility index (Phi) is 9.16. The van der Waals surface area contributed by atoms with E-state index in [1.165, 1.54) is 76.3 Å². The standard InChI is InChI=1S/C19H36N4S.HI/c1-3-20-18(21-14-17-8-7-11-22(2)15-17)23-12-13-24-19(16-23)9-5-4-6-10-19;/h17H,3-16H2,1-2H3,(H,20,21);1H. The van der Waals surface area contributed by atoms with Crippen molar-refractivity contribution in [2.45, 2.75) is 56.6 Å². The van der Waals surface area contributed by atoms with Crippen LogP contribution in [-0.4, -0.2) is 72.6 Å². The van der Waals surface area contributed by atoms with E-state index in [-0.39, 0.29) is 24.0 Å². The molecule has 1 spiro atoms. The molecular weight excluding hydrogens is 443 g/mol. The Bertz CT molecular complexity index is 420. The molecule has 3 fully saturated rings. The Morgan fingerprint density at radius 2 is 2.00 bits per heavy atom. The first kappa shape index (κ1) is 21.6. The third kappa shape index (κ3) is 6.16. The molecule has 3 aliphatic rings. The van der Waals surface area contributed by atoms with Crippen molar-refractivity contribution in [2.24, 2.45) is 10.9 Å². The van der Waals surface area contributed by atoms with Gasteiger partial charge in [-0.1, -0.05) is 19.3 Å². The fraction of sp³-hybridized carbons (Fsp3) is 0.947. The summed E-state index contributed by atoms with van der Waals surface area (Å²) in [6, 6.07) is 0. The third-order valence-electron chi connectivity index (χ3n) is 5.87. The molecule has 25 heavy (non-hydrogen) atoms. The maximum Gasteiger partial charge on any atom is 0.193 e. The number of rotatable bonds is 3. The largest absolute Gasteiger partial charge is 0.357 e. The Morgan fingerprint density at radius 1 is 1.20 bits per heavy atom. The van der Waals surface area contributed by atoms with Crippen LogP contribution in [0.15, 0.2) is 4.99 Å². The van der Waals surface area contributed by atoms with Crippen LogP contribution in [0, 0.1) is 5.92 Å². The van der Waals surface area contributed by atoms with Gasteiger partial charge in [-0.25, -0.2) is 0 Å². The minimum Gasteiger partial charge on any atom is -0.357 e. The SMILES string of the molecule is CCNC(=NCC1CCCN(C)C1)N1CCSC2(CCCCC2)C1.I. The van der Waals surface area contributed by atoms with Crippen molar-refractivity contribution in [3.05, 3.63) is 0 Å². The van der Waals surface area contributed by atoms with E-state index in [4.69, 9.17) is 4.99 Å². The number of nitrogens with one attached hydrogen (secondary N) is 1. The normalized spacial score (nSPS) is 27.8. The average Bonchev–Trinajstić information content (AvgIpc) is 2.59. The van der Waals surface area contributed by atoms with Gasteiger partial charge in [0, 0.05) is 43.2 Å². The summed E-state index contributed by atoms with van der Waals surface area (Å²) < 4.78 is 0.512. The highest BCUT2D eigenvalue weighted by Crippen LogP contribution is 2.42. The molecule has 1 saturated carbocycles. The Balaban J connectivity index is 0.00000225. The molecule has 0 aromatic rings. The number of hydrogen-bond donors (Lipinski definition) is 1. The van der Waals surface area contributed by atoms with Gasteiger partial charge in [-0.2, -0.15) is 11.8 Å². The van der Waals surface area contributed by atoms with Gasteiger partial charge in [-0.3, -0.25) is 4.99 Å². The molecule has 0 amide bonds. The summed E-state index contributed by atoms with van der Waals surface area (Å²) in [5.41, 5.74) is 0. The minimum absolute atomic E-state index is 0. The van der Waals surface area contributed by atoms with E-state index in [2.05, 4.69) is 40.8 Å². The smallest absolute Gasteiger partial charge is 0.193 e. The zero-order valence-electron chi connectivity index (χ0n) is 16.1. The predicted octanol–water partition coefficient (Wildman–Crippen LogP) is 3.66. The van der Waals surface area contributed by atoms with E-state index in [1.54, 1.807) is 0 Å². The number of aliphatic imine (C=N–C) groups is 1. The van der Waals surface area contributed by atoms with Crippen LogP contribution < -0.4 is 5.32 Å². The lowest BCUT2D eigenvalue weighted by Gasteiger charge is -2.45. The summed E-state index contributed by atoms with van der Waals surface area (Å²) in [6.07, 6.45) is 9.75. The van der Waals surface area contributed by atoms with Gasteiger partial charge >= 0.3 is 0 Å². The number of nitrogens with zero attached hydrogens (tertiary/aromatic N) is 3. The van der Waals surface area contributed by atoms with Gasteiger partial charge < -0.3 is 15.1 Å². The maximum atomic E-state index is 5.07. The maximum absolute atomic E-state index is 5.07. The fourth-order valence-electron chi connectivity index (χ4n) is 4.59. The van der Waals surface area contributed by atoms with Gasteiger partial charge in [0.05, 0.1) is 0 Å². The van der Waals surface area contributed by atoms with Crippen molar-refractivity contribution in [3.8, 4) is 0 Å². The molecule has 1 unspecified atom stereocenters. The summed E-state index contributed by atoms with van der Waals surface area (Å²) in [5, 5.41) is 3.58. The molecule has 1 aliphatic carbocycles. The first-order valence-electron chi connectivity index (χ1n) is 10.1. The summed E-state index contributed by atoms with van der Waals surface area (Å²) in [7, 11) is 2.25. The van der Waals surface area contributed by atoms with Gasteiger partial charge in [-0.15, -0.1) is 24.0 Å². The quantitative estimate of drug-likeness (QED) is 0.380. The molecule has 3 rings (SSSR count). The molecule has 1 N–H and O–H groups in total. The second-order valence-electron chi connectivity index (χ2n) is 7.98. The van der Waals surface area contributed by atoms with Crippen LogP contribution in [-0.2, 0) is 0 Å². The zero-order valence-corrected chi connectivity index (χ0v) is 19.3. The number of piperidine rings is 1. The second kappa shape index (κ2) is 10.6. The summed E-state index contributed by atoms with van der Waals surface area (Å²) >= 11 is 2.24. The van der Waals surface area contributed by atoms with Crippen molar-refractivity contribution in [2.75, 3.05) is 52.1 Å². The lowest BCUT2D eigenvalue weighted by Crippen LogP contribution is -2.53.